The lowest BCUT2D eigenvalue weighted by Gasteiger charge is -2.59. The molecule has 10 heteroatoms. The zero-order valence-corrected chi connectivity index (χ0v) is 20.1. The average Bonchev–Trinajstić information content (AvgIpc) is 3.49. The van der Waals surface area contributed by atoms with E-state index in [1.807, 2.05) is 23.1 Å². The molecular formula is C25H26ClFN6O2. The van der Waals surface area contributed by atoms with Crippen molar-refractivity contribution in [1.82, 2.24) is 24.6 Å². The fraction of sp³-hybridized carbons (Fsp3) is 0.600. The molecule has 4 heterocycles. The number of carbonyl (C=O) groups is 1. The number of alkyl halides is 1. The molecule has 4 fully saturated rings. The summed E-state index contributed by atoms with van der Waals surface area (Å²) in [5.41, 5.74) is 0.0933. The van der Waals surface area contributed by atoms with Crippen LogP contribution in [0.4, 0.5) is 4.39 Å². The van der Waals surface area contributed by atoms with Crippen LogP contribution < -0.4 is 0 Å². The topological polar surface area (TPSA) is 87.3 Å². The highest BCUT2D eigenvalue weighted by Crippen LogP contribution is 2.58. The molecule has 2 aromatic rings. The Morgan fingerprint density at radius 2 is 2.00 bits per heavy atom. The maximum absolute atomic E-state index is 14.9. The van der Waals surface area contributed by atoms with Gasteiger partial charge < -0.3 is 9.64 Å². The molecule has 1 spiro atoms. The summed E-state index contributed by atoms with van der Waals surface area (Å²) in [5, 5.41) is 19.1. The second kappa shape index (κ2) is 7.25. The van der Waals surface area contributed by atoms with Gasteiger partial charge in [-0.1, -0.05) is 11.6 Å². The third-order valence-corrected chi connectivity index (χ3v) is 8.70. The third-order valence-electron chi connectivity index (χ3n) is 8.46. The SMILES string of the molecule is N#CC1(C(=O)N2CC3(CC(c4nnc5n4-c4ccc(Cl)cc4CN(CC4(F)COC4)C5)C3)C2)CC1. The van der Waals surface area contributed by atoms with Crippen LogP contribution in [0.3, 0.4) is 0 Å². The zero-order valence-electron chi connectivity index (χ0n) is 19.3. The quantitative estimate of drug-likeness (QED) is 0.646. The van der Waals surface area contributed by atoms with Gasteiger partial charge in [0.25, 0.3) is 0 Å². The minimum atomic E-state index is -1.32. The van der Waals surface area contributed by atoms with Gasteiger partial charge in [-0.25, -0.2) is 4.39 Å². The van der Waals surface area contributed by atoms with Crippen LogP contribution in [0, 0.1) is 22.2 Å². The van der Waals surface area contributed by atoms with Crippen molar-refractivity contribution in [1.29, 1.82) is 5.26 Å². The van der Waals surface area contributed by atoms with Crippen LogP contribution >= 0.6 is 11.6 Å². The first-order valence-corrected chi connectivity index (χ1v) is 12.6. The summed E-state index contributed by atoms with van der Waals surface area (Å²) in [4.78, 5) is 16.6. The van der Waals surface area contributed by atoms with E-state index in [2.05, 4.69) is 25.7 Å². The highest BCUT2D eigenvalue weighted by molar-refractivity contribution is 6.30. The molecule has 1 amide bonds. The van der Waals surface area contributed by atoms with E-state index in [0.717, 1.165) is 48.8 Å². The number of hydrogen-bond donors (Lipinski definition) is 0. The van der Waals surface area contributed by atoms with E-state index in [0.29, 0.717) is 31.0 Å². The molecule has 0 radical (unpaired) electrons. The summed E-state index contributed by atoms with van der Waals surface area (Å²) in [5.74, 6) is 2.00. The molecule has 0 unspecified atom stereocenters. The van der Waals surface area contributed by atoms with Crippen LogP contribution in [0.15, 0.2) is 18.2 Å². The van der Waals surface area contributed by atoms with Gasteiger partial charge in [-0.3, -0.25) is 14.3 Å². The molecule has 0 N–H and O–H groups in total. The molecule has 7 rings (SSSR count). The smallest absolute Gasteiger partial charge is 0.243 e. The standard InChI is InChI=1S/C25H26ClFN6O2/c26-18-1-2-19-16(5-18)8-31(13-25(27)14-35-15-25)9-20-29-30-21(33(19)20)17-6-23(7-17)11-32(12-23)22(34)24(10-28)3-4-24/h1-2,5,17H,3-4,6-9,11-15H2. The number of aromatic nitrogens is 3. The van der Waals surface area contributed by atoms with E-state index < -0.39 is 11.1 Å². The predicted octanol–water partition coefficient (Wildman–Crippen LogP) is 2.98. The molecule has 2 saturated heterocycles. The number of hydrogen-bond acceptors (Lipinski definition) is 6. The van der Waals surface area contributed by atoms with Crippen LogP contribution in [-0.4, -0.2) is 69.0 Å². The van der Waals surface area contributed by atoms with Crippen LogP contribution in [0.1, 0.15) is 48.8 Å². The summed E-state index contributed by atoms with van der Waals surface area (Å²) in [6.45, 7) is 3.08. The third kappa shape index (κ3) is 3.34. The van der Waals surface area contributed by atoms with Gasteiger partial charge in [-0.05, 0) is 49.4 Å². The largest absolute Gasteiger partial charge is 0.375 e. The number of nitrogens with zero attached hydrogens (tertiary/aromatic N) is 6. The normalized spacial score (nSPS) is 25.3. The Bertz CT molecular complexity index is 1270. The lowest BCUT2D eigenvalue weighted by Crippen LogP contribution is -2.64. The molecule has 1 aromatic heterocycles. The minimum Gasteiger partial charge on any atom is -0.375 e. The highest BCUT2D eigenvalue weighted by atomic mass is 35.5. The van der Waals surface area contributed by atoms with Crippen LogP contribution in [0.2, 0.25) is 5.02 Å². The Morgan fingerprint density at radius 1 is 1.23 bits per heavy atom. The van der Waals surface area contributed by atoms with Gasteiger partial charge in [0.15, 0.2) is 11.5 Å². The Kier molecular flexibility index (Phi) is 4.50. The number of nitriles is 1. The maximum atomic E-state index is 14.9. The molecule has 2 aliphatic carbocycles. The fourth-order valence-corrected chi connectivity index (χ4v) is 6.61. The van der Waals surface area contributed by atoms with Gasteiger partial charge in [-0.15, -0.1) is 10.2 Å². The van der Waals surface area contributed by atoms with Crippen LogP contribution in [-0.2, 0) is 22.6 Å². The molecule has 8 nitrogen and oxygen atoms in total. The summed E-state index contributed by atoms with van der Waals surface area (Å²) < 4.78 is 22.1. The lowest BCUT2D eigenvalue weighted by molar-refractivity contribution is -0.155. The van der Waals surface area contributed by atoms with Crippen molar-refractivity contribution in [2.75, 3.05) is 32.8 Å². The number of rotatable bonds is 4. The average molecular weight is 497 g/mol. The molecule has 1 aromatic carbocycles. The van der Waals surface area contributed by atoms with Crippen LogP contribution in [0.5, 0.6) is 0 Å². The summed E-state index contributed by atoms with van der Waals surface area (Å²) in [6, 6.07) is 8.05. The Labute approximate surface area is 207 Å². The highest BCUT2D eigenvalue weighted by Gasteiger charge is 2.60. The van der Waals surface area contributed by atoms with Crippen molar-refractivity contribution >= 4 is 17.5 Å². The van der Waals surface area contributed by atoms with Crippen molar-refractivity contribution < 1.29 is 13.9 Å². The summed E-state index contributed by atoms with van der Waals surface area (Å²) >= 11 is 6.34. The fourth-order valence-electron chi connectivity index (χ4n) is 6.42. The second-order valence-corrected chi connectivity index (χ2v) is 11.8. The van der Waals surface area contributed by atoms with E-state index in [-0.39, 0.29) is 37.0 Å². The Morgan fingerprint density at radius 3 is 2.66 bits per heavy atom. The van der Waals surface area contributed by atoms with Crippen molar-refractivity contribution in [3.63, 3.8) is 0 Å². The molecule has 0 atom stereocenters. The molecule has 2 saturated carbocycles. The van der Waals surface area contributed by atoms with Gasteiger partial charge in [-0.2, -0.15) is 5.26 Å². The zero-order chi connectivity index (χ0) is 24.0. The number of likely N-dealkylation sites (tertiary alicyclic amines) is 1. The van der Waals surface area contributed by atoms with Crippen molar-refractivity contribution in [2.45, 2.75) is 50.4 Å². The molecule has 0 bridgehead atoms. The number of carbonyl (C=O) groups excluding carboxylic acids is 1. The van der Waals surface area contributed by atoms with E-state index >= 15 is 0 Å². The Hall–Kier alpha value is -2.54. The second-order valence-electron chi connectivity index (χ2n) is 11.3. The number of halogens is 2. The first-order valence-electron chi connectivity index (χ1n) is 12.2. The predicted molar refractivity (Wildman–Crippen MR) is 123 cm³/mol. The molecule has 5 aliphatic rings. The number of ether oxygens (including phenoxy) is 1. The maximum Gasteiger partial charge on any atom is 0.243 e. The number of fused-ring (bicyclic) bond motifs is 3. The van der Waals surface area contributed by atoms with E-state index in [1.165, 1.54) is 0 Å². The van der Waals surface area contributed by atoms with E-state index in [9.17, 15) is 14.4 Å². The van der Waals surface area contributed by atoms with Crippen molar-refractivity contribution in [3.05, 3.63) is 40.4 Å². The van der Waals surface area contributed by atoms with Gasteiger partial charge in [0, 0.05) is 42.5 Å². The number of amides is 1. The van der Waals surface area contributed by atoms with Crippen molar-refractivity contribution in [2.24, 2.45) is 10.8 Å². The molecule has 182 valence electrons. The van der Waals surface area contributed by atoms with Crippen molar-refractivity contribution in [3.8, 4) is 11.8 Å². The van der Waals surface area contributed by atoms with E-state index in [1.54, 1.807) is 0 Å². The molecular weight excluding hydrogens is 471 g/mol. The first kappa shape index (κ1) is 21.7. The van der Waals surface area contributed by atoms with Gasteiger partial charge >= 0.3 is 0 Å². The molecule has 35 heavy (non-hydrogen) atoms. The first-order chi connectivity index (χ1) is 16.8. The van der Waals surface area contributed by atoms with Gasteiger partial charge in [0.1, 0.15) is 11.2 Å². The summed E-state index contributed by atoms with van der Waals surface area (Å²) in [7, 11) is 0. The van der Waals surface area contributed by atoms with E-state index in [4.69, 9.17) is 16.3 Å². The van der Waals surface area contributed by atoms with Crippen LogP contribution in [0.25, 0.3) is 5.69 Å². The minimum absolute atomic E-state index is 0.0128. The monoisotopic (exact) mass is 496 g/mol. The lowest BCUT2D eigenvalue weighted by atomic mass is 9.57. The molecule has 3 aliphatic heterocycles. The summed E-state index contributed by atoms with van der Waals surface area (Å²) in [6.07, 6.45) is 3.28. The van der Waals surface area contributed by atoms with Gasteiger partial charge in [0.2, 0.25) is 5.91 Å². The van der Waals surface area contributed by atoms with Gasteiger partial charge in [0.05, 0.1) is 31.5 Å². The Balaban J connectivity index is 1.12. The number of benzene rings is 1.